The van der Waals surface area contributed by atoms with Crippen molar-refractivity contribution in [1.82, 2.24) is 4.98 Å². The van der Waals surface area contributed by atoms with E-state index < -0.39 is 12.5 Å². The van der Waals surface area contributed by atoms with Crippen LogP contribution in [0.4, 0.5) is 13.2 Å². The van der Waals surface area contributed by atoms with Crippen molar-refractivity contribution in [2.75, 3.05) is 0 Å². The fraction of sp³-hybridized carbons (Fsp3) is 0.214. The summed E-state index contributed by atoms with van der Waals surface area (Å²) >= 11 is 3.25. The highest BCUT2D eigenvalue weighted by molar-refractivity contribution is 9.10. The zero-order valence-electron chi connectivity index (χ0n) is 10.6. The van der Waals surface area contributed by atoms with Gasteiger partial charge in [0.25, 0.3) is 0 Å². The van der Waals surface area contributed by atoms with Gasteiger partial charge in [0, 0.05) is 22.8 Å². The van der Waals surface area contributed by atoms with Gasteiger partial charge in [0.05, 0.1) is 6.10 Å². The standard InChI is InChI=1S/C14H11BrF3NO2/c15-10-4-5-11(19-8-10)7-13(20)9-2-1-3-12(6-9)21-14(16,17)18/h1-6,8,13,20H,7H2. The van der Waals surface area contributed by atoms with Gasteiger partial charge in [-0.1, -0.05) is 12.1 Å². The lowest BCUT2D eigenvalue weighted by atomic mass is 10.0. The third kappa shape index (κ3) is 5.02. The highest BCUT2D eigenvalue weighted by Crippen LogP contribution is 2.26. The Morgan fingerprint density at radius 2 is 2.00 bits per heavy atom. The second-order valence-electron chi connectivity index (χ2n) is 4.31. The average molecular weight is 362 g/mol. The maximum absolute atomic E-state index is 12.2. The van der Waals surface area contributed by atoms with E-state index in [9.17, 15) is 18.3 Å². The number of alkyl halides is 3. The number of aliphatic hydroxyl groups excluding tert-OH is 1. The summed E-state index contributed by atoms with van der Waals surface area (Å²) in [6.07, 6.45) is -3.93. The van der Waals surface area contributed by atoms with Gasteiger partial charge in [0.1, 0.15) is 5.75 Å². The molecule has 0 radical (unpaired) electrons. The van der Waals surface area contributed by atoms with Gasteiger partial charge in [-0.3, -0.25) is 4.98 Å². The van der Waals surface area contributed by atoms with Crippen molar-refractivity contribution >= 4 is 15.9 Å². The van der Waals surface area contributed by atoms with Crippen molar-refractivity contribution in [3.8, 4) is 5.75 Å². The predicted octanol–water partition coefficient (Wildman–Crippen LogP) is 4.02. The molecule has 0 bridgehead atoms. The Bertz CT molecular complexity index is 602. The average Bonchev–Trinajstić information content (AvgIpc) is 2.40. The molecule has 2 aromatic rings. The van der Waals surface area contributed by atoms with E-state index in [4.69, 9.17) is 0 Å². The van der Waals surface area contributed by atoms with E-state index in [0.717, 1.165) is 10.5 Å². The summed E-state index contributed by atoms with van der Waals surface area (Å²) in [6, 6.07) is 8.78. The minimum Gasteiger partial charge on any atom is -0.406 e. The van der Waals surface area contributed by atoms with Gasteiger partial charge < -0.3 is 9.84 Å². The van der Waals surface area contributed by atoms with Crippen molar-refractivity contribution in [2.45, 2.75) is 18.9 Å². The number of aliphatic hydroxyl groups is 1. The predicted molar refractivity (Wildman–Crippen MR) is 73.7 cm³/mol. The molecule has 0 aliphatic carbocycles. The Morgan fingerprint density at radius 1 is 1.24 bits per heavy atom. The summed E-state index contributed by atoms with van der Waals surface area (Å²) in [5.41, 5.74) is 0.967. The monoisotopic (exact) mass is 361 g/mol. The molecule has 2 rings (SSSR count). The van der Waals surface area contributed by atoms with E-state index in [-0.39, 0.29) is 12.2 Å². The molecule has 112 valence electrons. The summed E-state index contributed by atoms with van der Waals surface area (Å²) in [4.78, 5) is 4.11. The van der Waals surface area contributed by atoms with E-state index in [1.807, 2.05) is 0 Å². The second kappa shape index (κ2) is 6.44. The first-order chi connectivity index (χ1) is 9.83. The molecule has 1 aromatic heterocycles. The van der Waals surface area contributed by atoms with Crippen LogP contribution in [0, 0.1) is 0 Å². The number of ether oxygens (including phenoxy) is 1. The van der Waals surface area contributed by atoms with Crippen LogP contribution in [0.3, 0.4) is 0 Å². The fourth-order valence-electron chi connectivity index (χ4n) is 1.76. The summed E-state index contributed by atoms with van der Waals surface area (Å²) in [6.45, 7) is 0. The zero-order valence-corrected chi connectivity index (χ0v) is 12.2. The van der Waals surface area contributed by atoms with E-state index >= 15 is 0 Å². The smallest absolute Gasteiger partial charge is 0.406 e. The molecule has 1 atom stereocenters. The highest BCUT2D eigenvalue weighted by atomic mass is 79.9. The number of rotatable bonds is 4. The van der Waals surface area contributed by atoms with Crippen LogP contribution in [0.5, 0.6) is 5.75 Å². The Kier molecular flexibility index (Phi) is 4.84. The van der Waals surface area contributed by atoms with Gasteiger partial charge in [0.2, 0.25) is 0 Å². The second-order valence-corrected chi connectivity index (χ2v) is 5.22. The van der Waals surface area contributed by atoms with Crippen LogP contribution in [0.2, 0.25) is 0 Å². The molecule has 3 nitrogen and oxygen atoms in total. The lowest BCUT2D eigenvalue weighted by molar-refractivity contribution is -0.274. The van der Waals surface area contributed by atoms with Crippen LogP contribution >= 0.6 is 15.9 Å². The Hall–Kier alpha value is -1.60. The number of nitrogens with zero attached hydrogens (tertiary/aromatic N) is 1. The van der Waals surface area contributed by atoms with Gasteiger partial charge in [-0.2, -0.15) is 0 Å². The number of aromatic nitrogens is 1. The van der Waals surface area contributed by atoms with E-state index in [2.05, 4.69) is 25.7 Å². The van der Waals surface area contributed by atoms with Crippen LogP contribution < -0.4 is 4.74 Å². The third-order valence-corrected chi connectivity index (χ3v) is 3.14. The molecule has 0 saturated carbocycles. The van der Waals surface area contributed by atoms with Crippen LogP contribution in [0.25, 0.3) is 0 Å². The maximum Gasteiger partial charge on any atom is 0.573 e. The molecule has 0 saturated heterocycles. The molecule has 1 aromatic carbocycles. The molecular formula is C14H11BrF3NO2. The number of pyridine rings is 1. The Morgan fingerprint density at radius 3 is 2.62 bits per heavy atom. The summed E-state index contributed by atoms with van der Waals surface area (Å²) in [7, 11) is 0. The quantitative estimate of drug-likeness (QED) is 0.894. The fourth-order valence-corrected chi connectivity index (χ4v) is 2.00. The first-order valence-electron chi connectivity index (χ1n) is 5.98. The van der Waals surface area contributed by atoms with Crippen LogP contribution in [0.1, 0.15) is 17.4 Å². The highest BCUT2D eigenvalue weighted by Gasteiger charge is 2.31. The Labute approximate surface area is 127 Å². The molecule has 0 aliphatic heterocycles. The molecule has 0 fully saturated rings. The van der Waals surface area contributed by atoms with Crippen molar-refractivity contribution in [3.63, 3.8) is 0 Å². The molecule has 1 N–H and O–H groups in total. The number of hydrogen-bond acceptors (Lipinski definition) is 3. The van der Waals surface area contributed by atoms with Crippen LogP contribution in [0.15, 0.2) is 47.1 Å². The molecule has 0 spiro atoms. The Balaban J connectivity index is 2.10. The van der Waals surface area contributed by atoms with E-state index in [0.29, 0.717) is 11.3 Å². The minimum atomic E-state index is -4.75. The van der Waals surface area contributed by atoms with E-state index in [1.54, 1.807) is 18.3 Å². The third-order valence-electron chi connectivity index (χ3n) is 2.67. The normalized spacial score (nSPS) is 13.0. The zero-order chi connectivity index (χ0) is 15.5. The molecule has 1 heterocycles. The summed E-state index contributed by atoms with van der Waals surface area (Å²) in [5.74, 6) is -0.359. The van der Waals surface area contributed by atoms with Crippen molar-refractivity contribution in [2.24, 2.45) is 0 Å². The van der Waals surface area contributed by atoms with Crippen molar-refractivity contribution < 1.29 is 23.0 Å². The number of halogens is 4. The topological polar surface area (TPSA) is 42.4 Å². The van der Waals surface area contributed by atoms with Gasteiger partial charge in [-0.05, 0) is 45.8 Å². The minimum absolute atomic E-state index is 0.197. The van der Waals surface area contributed by atoms with Crippen LogP contribution in [-0.2, 0) is 6.42 Å². The van der Waals surface area contributed by atoms with Gasteiger partial charge in [-0.25, -0.2) is 0 Å². The molecule has 1 unspecified atom stereocenters. The van der Waals surface area contributed by atoms with Crippen molar-refractivity contribution in [3.05, 3.63) is 58.3 Å². The number of hydrogen-bond donors (Lipinski definition) is 1. The molecule has 7 heteroatoms. The summed E-state index contributed by atoms with van der Waals surface area (Å²) < 4.78 is 41.1. The van der Waals surface area contributed by atoms with Gasteiger partial charge >= 0.3 is 6.36 Å². The number of benzene rings is 1. The van der Waals surface area contributed by atoms with E-state index in [1.165, 1.54) is 18.2 Å². The molecule has 21 heavy (non-hydrogen) atoms. The lowest BCUT2D eigenvalue weighted by Crippen LogP contribution is -2.17. The SMILES string of the molecule is OC(Cc1ccc(Br)cn1)c1cccc(OC(F)(F)F)c1. The van der Waals surface area contributed by atoms with Gasteiger partial charge in [-0.15, -0.1) is 13.2 Å². The molecular weight excluding hydrogens is 351 g/mol. The first kappa shape index (κ1) is 15.8. The molecule has 0 amide bonds. The van der Waals surface area contributed by atoms with Gasteiger partial charge in [0.15, 0.2) is 0 Å². The first-order valence-corrected chi connectivity index (χ1v) is 6.77. The largest absolute Gasteiger partial charge is 0.573 e. The maximum atomic E-state index is 12.2. The molecule has 0 aliphatic rings. The van der Waals surface area contributed by atoms with Crippen LogP contribution in [-0.4, -0.2) is 16.5 Å². The summed E-state index contributed by atoms with van der Waals surface area (Å²) in [5, 5.41) is 10.1. The lowest BCUT2D eigenvalue weighted by Gasteiger charge is -2.13. The van der Waals surface area contributed by atoms with Crippen molar-refractivity contribution in [1.29, 1.82) is 0 Å².